The number of rotatable bonds is 4. The number of halogens is 2. The van der Waals surface area contributed by atoms with Crippen LogP contribution >= 0.6 is 23.2 Å². The van der Waals surface area contributed by atoms with Crippen LogP contribution in [-0.4, -0.2) is 22.8 Å². The number of hydrogen-bond acceptors (Lipinski definition) is 3. The van der Waals surface area contributed by atoms with E-state index in [4.69, 9.17) is 27.9 Å². The van der Waals surface area contributed by atoms with Crippen LogP contribution in [0.25, 0.3) is 5.69 Å². The first kappa shape index (κ1) is 16.4. The molecule has 0 aliphatic heterocycles. The molecule has 1 heterocycles. The monoisotopic (exact) mass is 361 g/mol. The minimum atomic E-state index is -0.332. The van der Waals surface area contributed by atoms with E-state index in [2.05, 4.69) is 10.4 Å². The van der Waals surface area contributed by atoms with Crippen LogP contribution in [-0.2, 0) is 0 Å². The molecule has 0 aliphatic carbocycles. The summed E-state index contributed by atoms with van der Waals surface area (Å²) in [5.74, 6) is 0.00730. The van der Waals surface area contributed by atoms with Crippen LogP contribution in [0, 0.1) is 0 Å². The molecule has 0 spiro atoms. The fraction of sp³-hybridized carbons (Fsp3) is 0.0588. The van der Waals surface area contributed by atoms with Gasteiger partial charge in [0, 0.05) is 18.0 Å². The molecule has 0 atom stereocenters. The number of aromatic nitrogens is 2. The summed E-state index contributed by atoms with van der Waals surface area (Å²) in [5, 5.41) is 7.58. The molecule has 0 unspecified atom stereocenters. The SMILES string of the molecule is COc1c(Cl)cc(C(=O)Nc2ccccc2-n2cccn2)cc1Cl. The number of benzene rings is 2. The zero-order valence-electron chi connectivity index (χ0n) is 12.7. The molecular formula is C17H13Cl2N3O2. The van der Waals surface area contributed by atoms with Gasteiger partial charge in [-0.15, -0.1) is 0 Å². The minimum Gasteiger partial charge on any atom is -0.494 e. The molecule has 1 N–H and O–H groups in total. The summed E-state index contributed by atoms with van der Waals surface area (Å²) in [6.07, 6.45) is 3.47. The first-order valence-electron chi connectivity index (χ1n) is 7.03. The second-order valence-electron chi connectivity index (χ2n) is 4.90. The Hall–Kier alpha value is -2.50. The van der Waals surface area contributed by atoms with E-state index >= 15 is 0 Å². The van der Waals surface area contributed by atoms with Gasteiger partial charge in [0.05, 0.1) is 28.5 Å². The van der Waals surface area contributed by atoms with E-state index < -0.39 is 0 Å². The third-order valence-electron chi connectivity index (χ3n) is 3.37. The molecule has 3 aromatic rings. The molecule has 3 rings (SSSR count). The lowest BCUT2D eigenvalue weighted by Gasteiger charge is -2.12. The van der Waals surface area contributed by atoms with E-state index in [0.29, 0.717) is 17.0 Å². The number of anilines is 1. The van der Waals surface area contributed by atoms with Crippen molar-refractivity contribution in [2.75, 3.05) is 12.4 Å². The van der Waals surface area contributed by atoms with Crippen molar-refractivity contribution in [2.45, 2.75) is 0 Å². The number of nitrogens with zero attached hydrogens (tertiary/aromatic N) is 2. The van der Waals surface area contributed by atoms with Crippen LogP contribution in [0.15, 0.2) is 54.9 Å². The van der Waals surface area contributed by atoms with Crippen molar-refractivity contribution in [3.63, 3.8) is 0 Å². The number of carbonyl (C=O) groups is 1. The Morgan fingerprint density at radius 3 is 2.50 bits per heavy atom. The molecule has 122 valence electrons. The lowest BCUT2D eigenvalue weighted by atomic mass is 10.2. The average molecular weight is 362 g/mol. The number of nitrogens with one attached hydrogen (secondary N) is 1. The summed E-state index contributed by atoms with van der Waals surface area (Å²) in [7, 11) is 1.47. The van der Waals surface area contributed by atoms with Gasteiger partial charge in [-0.25, -0.2) is 4.68 Å². The smallest absolute Gasteiger partial charge is 0.255 e. The van der Waals surface area contributed by atoms with Gasteiger partial charge in [0.25, 0.3) is 5.91 Å². The van der Waals surface area contributed by atoms with Crippen molar-refractivity contribution in [2.24, 2.45) is 0 Å². The molecule has 0 aliphatic rings. The zero-order valence-corrected chi connectivity index (χ0v) is 14.2. The van der Waals surface area contributed by atoms with E-state index in [1.165, 1.54) is 19.2 Å². The summed E-state index contributed by atoms with van der Waals surface area (Å²) in [6.45, 7) is 0. The lowest BCUT2D eigenvalue weighted by molar-refractivity contribution is 0.102. The largest absolute Gasteiger partial charge is 0.494 e. The highest BCUT2D eigenvalue weighted by Gasteiger charge is 2.15. The number of hydrogen-bond donors (Lipinski definition) is 1. The van der Waals surface area contributed by atoms with Crippen LogP contribution in [0.3, 0.4) is 0 Å². The number of methoxy groups -OCH3 is 1. The average Bonchev–Trinajstić information content (AvgIpc) is 3.09. The second kappa shape index (κ2) is 6.95. The van der Waals surface area contributed by atoms with Gasteiger partial charge in [-0.2, -0.15) is 5.10 Å². The van der Waals surface area contributed by atoms with Gasteiger partial charge in [0.2, 0.25) is 0 Å². The topological polar surface area (TPSA) is 56.1 Å². The first-order chi connectivity index (χ1) is 11.6. The third-order valence-corrected chi connectivity index (χ3v) is 3.93. The van der Waals surface area contributed by atoms with Gasteiger partial charge in [0.1, 0.15) is 0 Å². The van der Waals surface area contributed by atoms with Crippen molar-refractivity contribution in [1.82, 2.24) is 9.78 Å². The summed E-state index contributed by atoms with van der Waals surface area (Å²) in [4.78, 5) is 12.5. The Morgan fingerprint density at radius 2 is 1.88 bits per heavy atom. The molecule has 0 saturated heterocycles. The molecule has 5 nitrogen and oxygen atoms in total. The molecule has 24 heavy (non-hydrogen) atoms. The first-order valence-corrected chi connectivity index (χ1v) is 7.79. The van der Waals surface area contributed by atoms with Crippen molar-refractivity contribution in [1.29, 1.82) is 0 Å². The van der Waals surface area contributed by atoms with Crippen LogP contribution in [0.4, 0.5) is 5.69 Å². The molecule has 0 fully saturated rings. The molecule has 1 amide bonds. The summed E-state index contributed by atoms with van der Waals surface area (Å²) in [6, 6.07) is 12.2. The predicted octanol–water partition coefficient (Wildman–Crippen LogP) is 4.44. The van der Waals surface area contributed by atoms with Crippen molar-refractivity contribution < 1.29 is 9.53 Å². The number of para-hydroxylation sites is 2. The van der Waals surface area contributed by atoms with E-state index in [1.54, 1.807) is 23.1 Å². The van der Waals surface area contributed by atoms with Crippen molar-refractivity contribution >= 4 is 34.8 Å². The van der Waals surface area contributed by atoms with Crippen LogP contribution in [0.5, 0.6) is 5.75 Å². The lowest BCUT2D eigenvalue weighted by Crippen LogP contribution is -2.14. The zero-order chi connectivity index (χ0) is 17.1. The number of amides is 1. The fourth-order valence-electron chi connectivity index (χ4n) is 2.27. The summed E-state index contributed by atoms with van der Waals surface area (Å²) >= 11 is 12.2. The van der Waals surface area contributed by atoms with Crippen LogP contribution in [0.2, 0.25) is 10.0 Å². The molecule has 7 heteroatoms. The third kappa shape index (κ3) is 3.22. The van der Waals surface area contributed by atoms with Gasteiger partial charge in [0.15, 0.2) is 5.75 Å². The summed E-state index contributed by atoms with van der Waals surface area (Å²) in [5.41, 5.74) is 1.71. The van der Waals surface area contributed by atoms with E-state index in [9.17, 15) is 4.79 Å². The van der Waals surface area contributed by atoms with Crippen LogP contribution in [0.1, 0.15) is 10.4 Å². The molecule has 1 aromatic heterocycles. The Labute approximate surface area is 148 Å². The quantitative estimate of drug-likeness (QED) is 0.747. The van der Waals surface area contributed by atoms with E-state index in [1.807, 2.05) is 24.3 Å². The standard InChI is InChI=1S/C17H13Cl2N3O2/c1-24-16-12(18)9-11(10-13(16)19)17(23)21-14-5-2-3-6-15(14)22-8-4-7-20-22/h2-10H,1H3,(H,21,23). The fourth-order valence-corrected chi connectivity index (χ4v) is 2.91. The Kier molecular flexibility index (Phi) is 4.74. The normalized spacial score (nSPS) is 10.5. The Balaban J connectivity index is 1.92. The van der Waals surface area contributed by atoms with Gasteiger partial charge in [-0.1, -0.05) is 35.3 Å². The van der Waals surface area contributed by atoms with Gasteiger partial charge < -0.3 is 10.1 Å². The highest BCUT2D eigenvalue weighted by molar-refractivity contribution is 6.37. The maximum Gasteiger partial charge on any atom is 0.255 e. The molecule has 2 aromatic carbocycles. The maximum absolute atomic E-state index is 12.5. The Bertz CT molecular complexity index is 856. The highest BCUT2D eigenvalue weighted by Crippen LogP contribution is 2.34. The molecular weight excluding hydrogens is 349 g/mol. The predicted molar refractivity (Wildman–Crippen MR) is 94.5 cm³/mol. The van der Waals surface area contributed by atoms with E-state index in [0.717, 1.165) is 5.69 Å². The van der Waals surface area contributed by atoms with E-state index in [-0.39, 0.29) is 16.0 Å². The molecule has 0 saturated carbocycles. The van der Waals surface area contributed by atoms with Gasteiger partial charge >= 0.3 is 0 Å². The van der Waals surface area contributed by atoms with Gasteiger partial charge in [-0.05, 0) is 30.3 Å². The van der Waals surface area contributed by atoms with Crippen molar-refractivity contribution in [3.05, 3.63) is 70.5 Å². The number of carbonyl (C=O) groups excluding carboxylic acids is 1. The maximum atomic E-state index is 12.5. The second-order valence-corrected chi connectivity index (χ2v) is 5.71. The highest BCUT2D eigenvalue weighted by atomic mass is 35.5. The summed E-state index contributed by atoms with van der Waals surface area (Å²) < 4.78 is 6.76. The molecule has 0 bridgehead atoms. The van der Waals surface area contributed by atoms with Crippen molar-refractivity contribution in [3.8, 4) is 11.4 Å². The van der Waals surface area contributed by atoms with Crippen LogP contribution < -0.4 is 10.1 Å². The minimum absolute atomic E-state index is 0.274. The van der Waals surface area contributed by atoms with Gasteiger partial charge in [-0.3, -0.25) is 4.79 Å². The number of ether oxygens (including phenoxy) is 1. The molecule has 0 radical (unpaired) electrons. The Morgan fingerprint density at radius 1 is 1.17 bits per heavy atom.